The van der Waals surface area contributed by atoms with Gasteiger partial charge in [0.25, 0.3) is 5.91 Å². The predicted octanol–water partition coefficient (Wildman–Crippen LogP) is 4.23. The van der Waals surface area contributed by atoms with Gasteiger partial charge < -0.3 is 15.5 Å². The summed E-state index contributed by atoms with van der Waals surface area (Å²) < 4.78 is 0. The summed E-state index contributed by atoms with van der Waals surface area (Å²) in [5.41, 5.74) is 2.89. The molecule has 2 aromatic rings. The van der Waals surface area contributed by atoms with Crippen LogP contribution in [0.1, 0.15) is 55.5 Å². The van der Waals surface area contributed by atoms with Crippen molar-refractivity contribution in [3.8, 4) is 0 Å². The Morgan fingerprint density at radius 2 is 1.97 bits per heavy atom. The van der Waals surface area contributed by atoms with Crippen LogP contribution in [-0.4, -0.2) is 30.9 Å². The van der Waals surface area contributed by atoms with E-state index in [2.05, 4.69) is 22.5 Å². The van der Waals surface area contributed by atoms with E-state index in [0.717, 1.165) is 36.9 Å². The first-order valence-corrected chi connectivity index (χ1v) is 10.3. The van der Waals surface area contributed by atoms with E-state index in [1.165, 1.54) is 0 Å². The molecule has 2 N–H and O–H groups in total. The number of amides is 2. The Morgan fingerprint density at radius 1 is 1.17 bits per heavy atom. The highest BCUT2D eigenvalue weighted by atomic mass is 16.2. The van der Waals surface area contributed by atoms with Gasteiger partial charge in [-0.2, -0.15) is 0 Å². The number of nitrogens with zero attached hydrogens (tertiary/aromatic N) is 2. The quantitative estimate of drug-likeness (QED) is 0.630. The van der Waals surface area contributed by atoms with Crippen LogP contribution in [0.2, 0.25) is 0 Å². The summed E-state index contributed by atoms with van der Waals surface area (Å²) in [6.45, 7) is 4.55. The lowest BCUT2D eigenvalue weighted by atomic mass is 9.98. The van der Waals surface area contributed by atoms with Crippen LogP contribution in [0.15, 0.2) is 42.7 Å². The molecular weight excluding hydrogens is 364 g/mol. The topological polar surface area (TPSA) is 74.3 Å². The van der Waals surface area contributed by atoms with Crippen molar-refractivity contribution in [1.29, 1.82) is 0 Å². The van der Waals surface area contributed by atoms with Gasteiger partial charge in [0.2, 0.25) is 5.91 Å². The van der Waals surface area contributed by atoms with Crippen molar-refractivity contribution in [2.24, 2.45) is 5.92 Å². The van der Waals surface area contributed by atoms with Gasteiger partial charge in [0, 0.05) is 50.3 Å². The average molecular weight is 397 g/mol. The number of rotatable bonds is 10. The molecule has 6 nitrogen and oxygen atoms in total. The number of unbranched alkanes of at least 4 members (excludes halogenated alkanes) is 1. The Balaban J connectivity index is 2.15. The highest BCUT2D eigenvalue weighted by molar-refractivity contribution is 6.02. The van der Waals surface area contributed by atoms with E-state index in [4.69, 9.17) is 0 Å². The fourth-order valence-electron chi connectivity index (χ4n) is 3.18. The maximum absolute atomic E-state index is 12.8. The molecule has 0 aliphatic carbocycles. The number of anilines is 2. The fourth-order valence-corrected chi connectivity index (χ4v) is 3.18. The number of pyridine rings is 1. The average Bonchev–Trinajstić information content (AvgIpc) is 2.73. The van der Waals surface area contributed by atoms with E-state index in [0.29, 0.717) is 17.8 Å². The molecule has 0 fully saturated rings. The van der Waals surface area contributed by atoms with Gasteiger partial charge in [-0.1, -0.05) is 32.8 Å². The van der Waals surface area contributed by atoms with E-state index >= 15 is 0 Å². The van der Waals surface area contributed by atoms with Crippen LogP contribution in [0.25, 0.3) is 0 Å². The van der Waals surface area contributed by atoms with Crippen LogP contribution in [0.5, 0.6) is 0 Å². The predicted molar refractivity (Wildman–Crippen MR) is 118 cm³/mol. The number of carbonyl (C=O) groups excluding carboxylic acids is 2. The second kappa shape index (κ2) is 11.2. The van der Waals surface area contributed by atoms with E-state index in [1.54, 1.807) is 18.5 Å². The second-order valence-electron chi connectivity index (χ2n) is 7.41. The third kappa shape index (κ3) is 6.59. The first kappa shape index (κ1) is 22.4. The smallest absolute Gasteiger partial charge is 0.253 e. The minimum Gasteiger partial charge on any atom is -0.377 e. The summed E-state index contributed by atoms with van der Waals surface area (Å²) in [4.78, 5) is 31.4. The zero-order valence-corrected chi connectivity index (χ0v) is 17.9. The van der Waals surface area contributed by atoms with Gasteiger partial charge in [0.1, 0.15) is 0 Å². The lowest BCUT2D eigenvalue weighted by molar-refractivity contribution is -0.120. The van der Waals surface area contributed by atoms with Gasteiger partial charge >= 0.3 is 0 Å². The minimum atomic E-state index is -0.188. The molecule has 0 saturated carbocycles. The van der Waals surface area contributed by atoms with Gasteiger partial charge in [-0.25, -0.2) is 0 Å². The number of nitrogens with one attached hydrogen (secondary N) is 2. The standard InChI is InChI=1S/C23H32N4O2/c1-5-7-10-18(6-2)22(28)26-19-11-12-21(27(3)4)20(14-19)23(29)25-16-17-9-8-13-24-15-17/h8-9,11-15,18H,5-7,10,16H2,1-4H3,(H,25,29)(H,26,28)/t18-/m0/s1. The molecule has 29 heavy (non-hydrogen) atoms. The van der Waals surface area contributed by atoms with Gasteiger partial charge in [-0.15, -0.1) is 0 Å². The second-order valence-corrected chi connectivity index (χ2v) is 7.41. The summed E-state index contributed by atoms with van der Waals surface area (Å²) in [6.07, 6.45) is 7.22. The van der Waals surface area contributed by atoms with Crippen molar-refractivity contribution >= 4 is 23.2 Å². The maximum atomic E-state index is 12.8. The number of benzene rings is 1. The van der Waals surface area contributed by atoms with E-state index in [-0.39, 0.29) is 17.7 Å². The van der Waals surface area contributed by atoms with Crippen molar-refractivity contribution < 1.29 is 9.59 Å². The summed E-state index contributed by atoms with van der Waals surface area (Å²) in [5, 5.41) is 5.92. The molecule has 1 atom stereocenters. The molecule has 1 aromatic heterocycles. The Bertz CT molecular complexity index is 806. The molecule has 0 bridgehead atoms. The number of carbonyl (C=O) groups is 2. The Hall–Kier alpha value is -2.89. The fraction of sp³-hybridized carbons (Fsp3) is 0.435. The van der Waals surface area contributed by atoms with Gasteiger partial charge in [-0.05, 0) is 42.7 Å². The highest BCUT2D eigenvalue weighted by Gasteiger charge is 2.18. The Labute approximate surface area is 173 Å². The van der Waals surface area contributed by atoms with Crippen molar-refractivity contribution in [2.45, 2.75) is 46.1 Å². The first-order valence-electron chi connectivity index (χ1n) is 10.3. The Kier molecular flexibility index (Phi) is 8.65. The minimum absolute atomic E-state index is 0.00803. The third-order valence-corrected chi connectivity index (χ3v) is 4.94. The molecule has 6 heteroatoms. The first-order chi connectivity index (χ1) is 14.0. The molecule has 1 aromatic carbocycles. The number of aromatic nitrogens is 1. The van der Waals surface area contributed by atoms with Gasteiger partial charge in [-0.3, -0.25) is 14.6 Å². The van der Waals surface area contributed by atoms with Crippen LogP contribution in [0, 0.1) is 5.92 Å². The lowest BCUT2D eigenvalue weighted by Crippen LogP contribution is -2.26. The number of hydrogen-bond acceptors (Lipinski definition) is 4. The van der Waals surface area contributed by atoms with Crippen molar-refractivity contribution in [3.05, 3.63) is 53.9 Å². The molecule has 0 aliphatic rings. The van der Waals surface area contributed by atoms with Crippen LogP contribution in [0.3, 0.4) is 0 Å². The van der Waals surface area contributed by atoms with Crippen LogP contribution >= 0.6 is 0 Å². The van der Waals surface area contributed by atoms with Crippen LogP contribution < -0.4 is 15.5 Å². The lowest BCUT2D eigenvalue weighted by Gasteiger charge is -2.20. The third-order valence-electron chi connectivity index (χ3n) is 4.94. The monoisotopic (exact) mass is 396 g/mol. The largest absolute Gasteiger partial charge is 0.377 e. The zero-order valence-electron chi connectivity index (χ0n) is 17.9. The summed E-state index contributed by atoms with van der Waals surface area (Å²) in [5.74, 6) is -0.182. The van der Waals surface area contributed by atoms with Crippen molar-refractivity contribution in [1.82, 2.24) is 10.3 Å². The molecule has 0 aliphatic heterocycles. The molecule has 0 radical (unpaired) electrons. The summed E-state index contributed by atoms with van der Waals surface area (Å²) in [6, 6.07) is 9.21. The SMILES string of the molecule is CCCC[C@H](CC)C(=O)Nc1ccc(N(C)C)c(C(=O)NCc2cccnc2)c1. The normalized spacial score (nSPS) is 11.6. The van der Waals surface area contributed by atoms with Crippen molar-refractivity contribution in [3.63, 3.8) is 0 Å². The molecule has 0 unspecified atom stereocenters. The van der Waals surface area contributed by atoms with Crippen LogP contribution in [0.4, 0.5) is 11.4 Å². The van der Waals surface area contributed by atoms with Gasteiger partial charge in [0.15, 0.2) is 0 Å². The maximum Gasteiger partial charge on any atom is 0.253 e. The molecule has 156 valence electrons. The van der Waals surface area contributed by atoms with Gasteiger partial charge in [0.05, 0.1) is 5.56 Å². The highest BCUT2D eigenvalue weighted by Crippen LogP contribution is 2.24. The van der Waals surface area contributed by atoms with E-state index < -0.39 is 0 Å². The summed E-state index contributed by atoms with van der Waals surface area (Å²) >= 11 is 0. The Morgan fingerprint density at radius 3 is 2.59 bits per heavy atom. The molecule has 1 heterocycles. The number of hydrogen-bond donors (Lipinski definition) is 2. The van der Waals surface area contributed by atoms with Crippen LogP contribution in [-0.2, 0) is 11.3 Å². The molecular formula is C23H32N4O2. The molecule has 2 rings (SSSR count). The molecule has 2 amide bonds. The summed E-state index contributed by atoms with van der Waals surface area (Å²) in [7, 11) is 3.78. The van der Waals surface area contributed by atoms with E-state index in [1.807, 2.05) is 50.2 Å². The van der Waals surface area contributed by atoms with E-state index in [9.17, 15) is 9.59 Å². The molecule has 0 spiro atoms. The molecule has 0 saturated heterocycles. The zero-order chi connectivity index (χ0) is 21.2. The van der Waals surface area contributed by atoms with Crippen molar-refractivity contribution in [2.75, 3.05) is 24.3 Å².